The Hall–Kier alpha value is -2.31. The Balaban J connectivity index is 2.27. The zero-order chi connectivity index (χ0) is 27.8. The number of nitrogens with zero attached hydrogens (tertiary/aromatic N) is 1. The molecule has 3 rings (SSSR count). The fourth-order valence-corrected chi connectivity index (χ4v) is 8.45. The topological polar surface area (TPSA) is 139 Å². The lowest BCUT2D eigenvalue weighted by Crippen LogP contribution is -2.30. The van der Waals surface area contributed by atoms with E-state index >= 15 is 0 Å². The Labute approximate surface area is 225 Å². The number of phenols is 1. The van der Waals surface area contributed by atoms with Crippen LogP contribution in [-0.4, -0.2) is 36.2 Å². The summed E-state index contributed by atoms with van der Waals surface area (Å²) in [4.78, 5) is -0.441. The van der Waals surface area contributed by atoms with Crippen LogP contribution in [0, 0.1) is 13.8 Å². The van der Waals surface area contributed by atoms with E-state index < -0.39 is 55.0 Å². The number of anilines is 2. The molecule has 0 aromatic heterocycles. The van der Waals surface area contributed by atoms with Gasteiger partial charge in [0, 0.05) is 14.2 Å². The number of aromatic hydroxyl groups is 1. The summed E-state index contributed by atoms with van der Waals surface area (Å²) in [5, 5.41) is 9.40. The highest BCUT2D eigenvalue weighted by Gasteiger charge is 2.44. The summed E-state index contributed by atoms with van der Waals surface area (Å²) < 4.78 is 79.2. The molecule has 0 saturated carbocycles. The van der Waals surface area contributed by atoms with Gasteiger partial charge < -0.3 is 5.11 Å². The van der Waals surface area contributed by atoms with Gasteiger partial charge in [0.1, 0.15) is 5.02 Å². The number of benzene rings is 3. The number of hydrogen-bond acceptors (Lipinski definition) is 8. The molecule has 15 heteroatoms. The average Bonchev–Trinajstić information content (AvgIpc) is 2.85. The van der Waals surface area contributed by atoms with Crippen LogP contribution in [0.1, 0.15) is 11.1 Å². The lowest BCUT2D eigenvalue weighted by Gasteiger charge is -2.30. The van der Waals surface area contributed by atoms with E-state index in [2.05, 4.69) is 4.72 Å². The molecule has 200 valence electrons. The maximum Gasteiger partial charge on any atom is 0.448 e. The van der Waals surface area contributed by atoms with E-state index in [4.69, 9.17) is 32.2 Å². The molecule has 0 unspecified atom stereocenters. The normalized spacial score (nSPS) is 12.4. The average molecular weight is 609 g/mol. The number of halogens is 2. The number of phenolic OH excluding ortho intramolecular Hbond substituents is 1. The number of nitrogens with one attached hydrogen (secondary N) is 1. The molecular formula is C22H23Cl2N2O8PS2. The third kappa shape index (κ3) is 5.75. The van der Waals surface area contributed by atoms with E-state index in [0.717, 1.165) is 31.4 Å². The highest BCUT2D eigenvalue weighted by Crippen LogP contribution is 2.59. The molecule has 3 aromatic carbocycles. The number of hydrogen-bond donors (Lipinski definition) is 2. The van der Waals surface area contributed by atoms with Crippen LogP contribution in [0.15, 0.2) is 64.4 Å². The van der Waals surface area contributed by atoms with Crippen molar-refractivity contribution < 1.29 is 35.6 Å². The number of aryl methyl sites for hydroxylation is 2. The zero-order valence-electron chi connectivity index (χ0n) is 20.0. The highest BCUT2D eigenvalue weighted by molar-refractivity contribution is 7.99. The Morgan fingerprint density at radius 3 is 1.76 bits per heavy atom. The van der Waals surface area contributed by atoms with Gasteiger partial charge in [-0.3, -0.25) is 13.8 Å². The second-order valence-electron chi connectivity index (χ2n) is 7.73. The van der Waals surface area contributed by atoms with Crippen LogP contribution in [0.5, 0.6) is 5.75 Å². The van der Waals surface area contributed by atoms with Gasteiger partial charge in [-0.05, 0) is 44.2 Å². The molecule has 2 N–H and O–H groups in total. The maximum atomic E-state index is 13.7. The predicted octanol–water partition coefficient (Wildman–Crippen LogP) is 5.71. The van der Waals surface area contributed by atoms with Crippen LogP contribution >= 0.6 is 30.9 Å². The summed E-state index contributed by atoms with van der Waals surface area (Å²) in [5.41, 5.74) is 0.461. The zero-order valence-corrected chi connectivity index (χ0v) is 24.0. The first-order valence-corrected chi connectivity index (χ1v) is 15.5. The van der Waals surface area contributed by atoms with E-state index in [1.165, 1.54) is 36.4 Å². The lowest BCUT2D eigenvalue weighted by atomic mass is 10.2. The third-order valence-corrected chi connectivity index (χ3v) is 11.8. The first-order chi connectivity index (χ1) is 17.2. The molecule has 0 radical (unpaired) electrons. The van der Waals surface area contributed by atoms with Gasteiger partial charge in [-0.25, -0.2) is 21.4 Å². The minimum Gasteiger partial charge on any atom is -0.504 e. The first-order valence-electron chi connectivity index (χ1n) is 10.3. The molecular weight excluding hydrogens is 586 g/mol. The van der Waals surface area contributed by atoms with Crippen molar-refractivity contribution in [2.24, 2.45) is 0 Å². The monoisotopic (exact) mass is 608 g/mol. The van der Waals surface area contributed by atoms with Gasteiger partial charge in [0.2, 0.25) is 0 Å². The molecule has 37 heavy (non-hydrogen) atoms. The quantitative estimate of drug-likeness (QED) is 0.232. The summed E-state index contributed by atoms with van der Waals surface area (Å²) in [5.74, 6) is -0.788. The van der Waals surface area contributed by atoms with Crippen molar-refractivity contribution in [2.75, 3.05) is 23.0 Å². The molecule has 0 fully saturated rings. The Morgan fingerprint density at radius 2 is 1.30 bits per heavy atom. The van der Waals surface area contributed by atoms with Crippen LogP contribution in [0.2, 0.25) is 10.0 Å². The van der Waals surface area contributed by atoms with Gasteiger partial charge in [-0.1, -0.05) is 58.6 Å². The van der Waals surface area contributed by atoms with E-state index in [1.807, 2.05) is 0 Å². The van der Waals surface area contributed by atoms with E-state index in [-0.39, 0.29) is 13.9 Å². The molecule has 3 aromatic rings. The second kappa shape index (κ2) is 10.8. The minimum absolute atomic E-state index is 0.145. The fourth-order valence-electron chi connectivity index (χ4n) is 3.17. The Morgan fingerprint density at radius 1 is 0.838 bits per heavy atom. The molecule has 0 amide bonds. The molecule has 0 atom stereocenters. The highest BCUT2D eigenvalue weighted by atomic mass is 35.5. The molecule has 10 nitrogen and oxygen atoms in total. The van der Waals surface area contributed by atoms with Crippen molar-refractivity contribution in [2.45, 2.75) is 23.6 Å². The molecule has 0 aliphatic carbocycles. The van der Waals surface area contributed by atoms with Crippen LogP contribution in [0.25, 0.3) is 0 Å². The van der Waals surface area contributed by atoms with Crippen LogP contribution in [-0.2, 0) is 33.7 Å². The molecule has 0 spiro atoms. The third-order valence-electron chi connectivity index (χ3n) is 5.17. The summed E-state index contributed by atoms with van der Waals surface area (Å²) >= 11 is 12.5. The van der Waals surface area contributed by atoms with Gasteiger partial charge in [-0.2, -0.15) is 4.08 Å². The van der Waals surface area contributed by atoms with Crippen molar-refractivity contribution in [3.63, 3.8) is 0 Å². The van der Waals surface area contributed by atoms with E-state index in [9.17, 15) is 26.5 Å². The van der Waals surface area contributed by atoms with Gasteiger partial charge in [0.05, 0.1) is 26.2 Å². The molecule has 0 aliphatic rings. The van der Waals surface area contributed by atoms with Crippen LogP contribution in [0.3, 0.4) is 0 Å². The molecule has 0 bridgehead atoms. The van der Waals surface area contributed by atoms with Crippen molar-refractivity contribution >= 4 is 62.4 Å². The SMILES string of the molecule is COP(=O)(OC)N(c1cc(NS(=O)(=O)c2ccc(C)cc2)c(O)c(Cl)c1Cl)S(=O)(=O)c1ccc(C)cc1. The van der Waals surface area contributed by atoms with Crippen molar-refractivity contribution in [1.82, 2.24) is 0 Å². The largest absolute Gasteiger partial charge is 0.504 e. The predicted molar refractivity (Wildman–Crippen MR) is 143 cm³/mol. The lowest BCUT2D eigenvalue weighted by molar-refractivity contribution is 0.277. The molecule has 0 heterocycles. The summed E-state index contributed by atoms with van der Waals surface area (Å²) in [6.07, 6.45) is 0. The minimum atomic E-state index is -4.70. The van der Waals surface area contributed by atoms with Gasteiger partial charge >= 0.3 is 7.75 Å². The van der Waals surface area contributed by atoms with E-state index in [0.29, 0.717) is 0 Å². The van der Waals surface area contributed by atoms with Gasteiger partial charge in [-0.15, -0.1) is 0 Å². The van der Waals surface area contributed by atoms with E-state index in [1.54, 1.807) is 26.0 Å². The molecule has 0 saturated heterocycles. The fraction of sp³-hybridized carbons (Fsp3) is 0.182. The van der Waals surface area contributed by atoms with Crippen LogP contribution in [0.4, 0.5) is 11.4 Å². The summed E-state index contributed by atoms with van der Waals surface area (Å²) in [7, 11) is -11.7. The first kappa shape index (κ1) is 29.2. The Bertz CT molecular complexity index is 1570. The number of sulfonamides is 2. The smallest absolute Gasteiger partial charge is 0.448 e. The molecule has 0 aliphatic heterocycles. The number of rotatable bonds is 9. The van der Waals surface area contributed by atoms with Crippen molar-refractivity contribution in [3.05, 3.63) is 75.8 Å². The standard InChI is InChI=1S/C22H23Cl2N2O8PS2/c1-14-5-9-16(10-6-14)36(29,30)25-18-13-19(20(23)21(24)22(18)27)26(35(28,33-3)34-4)37(31,32)17-11-7-15(2)8-12-17/h5-13,25,27H,1-4H3. The van der Waals surface area contributed by atoms with Gasteiger partial charge in [0.15, 0.2) is 5.75 Å². The second-order valence-corrected chi connectivity index (χ2v) is 14.3. The summed E-state index contributed by atoms with van der Waals surface area (Å²) in [6.45, 7) is 3.51. The maximum absolute atomic E-state index is 13.7. The van der Waals surface area contributed by atoms with Crippen LogP contribution < -0.4 is 8.80 Å². The van der Waals surface area contributed by atoms with Gasteiger partial charge in [0.25, 0.3) is 20.0 Å². The summed E-state index contributed by atoms with van der Waals surface area (Å²) in [6, 6.07) is 12.2. The van der Waals surface area contributed by atoms with Crippen molar-refractivity contribution in [1.29, 1.82) is 0 Å². The Kier molecular flexibility index (Phi) is 8.55. The van der Waals surface area contributed by atoms with Crippen molar-refractivity contribution in [3.8, 4) is 5.75 Å².